The van der Waals surface area contributed by atoms with E-state index in [0.717, 1.165) is 11.4 Å². The topological polar surface area (TPSA) is 59.8 Å². The highest BCUT2D eigenvalue weighted by Crippen LogP contribution is 2.26. The average molecular weight is 498 g/mol. The second-order valence-corrected chi connectivity index (χ2v) is 9.07. The molecule has 0 aliphatic rings. The van der Waals surface area contributed by atoms with Crippen LogP contribution in [-0.4, -0.2) is 26.4 Å². The van der Waals surface area contributed by atoms with Crippen molar-refractivity contribution in [3.63, 3.8) is 0 Å². The van der Waals surface area contributed by atoms with Gasteiger partial charge in [0.2, 0.25) is 5.91 Å². The highest BCUT2D eigenvalue weighted by atomic mass is 79.9. The molecule has 29 heavy (non-hydrogen) atoms. The second-order valence-electron chi connectivity index (χ2n) is 6.78. The summed E-state index contributed by atoms with van der Waals surface area (Å²) in [5.41, 5.74) is 1.04. The van der Waals surface area contributed by atoms with Crippen LogP contribution in [0.4, 0.5) is 10.1 Å². The van der Waals surface area contributed by atoms with Crippen molar-refractivity contribution in [1.82, 2.24) is 14.8 Å². The van der Waals surface area contributed by atoms with Crippen LogP contribution in [0.15, 0.2) is 52.1 Å². The number of anilines is 1. The zero-order valence-electron chi connectivity index (χ0n) is 15.8. The molecule has 0 fully saturated rings. The number of aromatic nitrogens is 3. The fourth-order valence-corrected chi connectivity index (χ4v) is 3.85. The molecule has 3 rings (SSSR count). The number of amides is 1. The first kappa shape index (κ1) is 21.8. The molecule has 0 spiro atoms. The molecule has 0 unspecified atom stereocenters. The monoisotopic (exact) mass is 496 g/mol. The number of nitrogens with zero attached hydrogens (tertiary/aromatic N) is 3. The summed E-state index contributed by atoms with van der Waals surface area (Å²) in [5, 5.41) is 12.4. The van der Waals surface area contributed by atoms with Crippen LogP contribution >= 0.6 is 39.3 Å². The number of nitrogens with one attached hydrogen (secondary N) is 1. The van der Waals surface area contributed by atoms with Crippen molar-refractivity contribution in [3.8, 4) is 11.4 Å². The molecule has 1 aromatic heterocycles. The molecule has 2 aromatic carbocycles. The summed E-state index contributed by atoms with van der Waals surface area (Å²) in [5.74, 6) is 0.361. The predicted octanol–water partition coefficient (Wildman–Crippen LogP) is 5.89. The van der Waals surface area contributed by atoms with E-state index in [9.17, 15) is 9.18 Å². The van der Waals surface area contributed by atoms with Gasteiger partial charge in [-0.3, -0.25) is 4.79 Å². The summed E-state index contributed by atoms with van der Waals surface area (Å²) in [6.07, 6.45) is 0. The first-order valence-corrected chi connectivity index (χ1v) is 11.1. The van der Waals surface area contributed by atoms with Gasteiger partial charge < -0.3 is 9.88 Å². The molecule has 152 valence electrons. The first-order chi connectivity index (χ1) is 13.8. The number of hydrogen-bond acceptors (Lipinski definition) is 4. The lowest BCUT2D eigenvalue weighted by atomic mass is 10.2. The summed E-state index contributed by atoms with van der Waals surface area (Å²) >= 11 is 10.4. The molecule has 0 atom stereocenters. The van der Waals surface area contributed by atoms with E-state index in [1.165, 1.54) is 23.9 Å². The summed E-state index contributed by atoms with van der Waals surface area (Å²) in [7, 11) is 0. The van der Waals surface area contributed by atoms with Gasteiger partial charge in [-0.1, -0.05) is 53.1 Å². The molecular weight excluding hydrogens is 479 g/mol. The fourth-order valence-electron chi connectivity index (χ4n) is 2.64. The molecule has 1 heterocycles. The number of hydrogen-bond donors (Lipinski definition) is 1. The lowest BCUT2D eigenvalue weighted by molar-refractivity contribution is -0.113. The Morgan fingerprint density at radius 2 is 1.97 bits per heavy atom. The molecule has 1 N–H and O–H groups in total. The van der Waals surface area contributed by atoms with Crippen LogP contribution < -0.4 is 5.32 Å². The van der Waals surface area contributed by atoms with Crippen LogP contribution in [0.2, 0.25) is 5.02 Å². The van der Waals surface area contributed by atoms with E-state index in [-0.39, 0.29) is 17.3 Å². The Balaban J connectivity index is 1.74. The minimum absolute atomic E-state index is 0.0896. The lowest BCUT2D eigenvalue weighted by Crippen LogP contribution is -2.16. The van der Waals surface area contributed by atoms with Gasteiger partial charge in [0.1, 0.15) is 5.82 Å². The van der Waals surface area contributed by atoms with Gasteiger partial charge in [-0.25, -0.2) is 4.39 Å². The van der Waals surface area contributed by atoms with E-state index in [2.05, 4.69) is 45.3 Å². The SMILES string of the molecule is CC(C)Cn1c(SCC(=O)Nc2ccc(Br)cc2F)nnc1-c1ccc(Cl)cc1. The van der Waals surface area contributed by atoms with Gasteiger partial charge in [-0.2, -0.15) is 0 Å². The summed E-state index contributed by atoms with van der Waals surface area (Å²) < 4.78 is 16.5. The van der Waals surface area contributed by atoms with Crippen molar-refractivity contribution in [3.05, 3.63) is 57.8 Å². The molecule has 3 aromatic rings. The molecule has 0 aliphatic heterocycles. The third-order valence-electron chi connectivity index (χ3n) is 3.90. The number of benzene rings is 2. The molecule has 0 saturated carbocycles. The van der Waals surface area contributed by atoms with E-state index < -0.39 is 5.82 Å². The van der Waals surface area contributed by atoms with E-state index in [1.54, 1.807) is 18.2 Å². The summed E-state index contributed by atoms with van der Waals surface area (Å²) in [4.78, 5) is 12.3. The van der Waals surface area contributed by atoms with Crippen molar-refractivity contribution < 1.29 is 9.18 Å². The van der Waals surface area contributed by atoms with Gasteiger partial charge in [-0.15, -0.1) is 10.2 Å². The highest BCUT2D eigenvalue weighted by molar-refractivity contribution is 9.10. The van der Waals surface area contributed by atoms with E-state index in [1.807, 2.05) is 16.7 Å². The minimum atomic E-state index is -0.495. The Labute approximate surface area is 186 Å². The molecule has 5 nitrogen and oxygen atoms in total. The molecule has 0 bridgehead atoms. The Bertz CT molecular complexity index is 1010. The first-order valence-electron chi connectivity index (χ1n) is 8.90. The third-order valence-corrected chi connectivity index (χ3v) is 5.62. The van der Waals surface area contributed by atoms with Crippen LogP contribution in [0.3, 0.4) is 0 Å². The van der Waals surface area contributed by atoms with Crippen LogP contribution in [-0.2, 0) is 11.3 Å². The largest absolute Gasteiger partial charge is 0.323 e. The Hall–Kier alpha value is -1.90. The Morgan fingerprint density at radius 1 is 1.24 bits per heavy atom. The van der Waals surface area contributed by atoms with E-state index >= 15 is 0 Å². The van der Waals surface area contributed by atoms with Crippen LogP contribution in [0.5, 0.6) is 0 Å². The molecular formula is C20H19BrClFN4OS. The molecule has 0 saturated heterocycles. The Kier molecular flexibility index (Phi) is 7.32. The van der Waals surface area contributed by atoms with Crippen LogP contribution in [0, 0.1) is 11.7 Å². The molecule has 0 radical (unpaired) electrons. The molecule has 9 heteroatoms. The molecule has 0 aliphatic carbocycles. The average Bonchev–Trinajstić information content (AvgIpc) is 3.05. The van der Waals surface area contributed by atoms with Gasteiger partial charge in [0.25, 0.3) is 0 Å². The van der Waals surface area contributed by atoms with Gasteiger partial charge >= 0.3 is 0 Å². The van der Waals surface area contributed by atoms with E-state index in [4.69, 9.17) is 11.6 Å². The van der Waals surface area contributed by atoms with Gasteiger partial charge in [0.05, 0.1) is 11.4 Å². The van der Waals surface area contributed by atoms with Crippen molar-refractivity contribution in [2.45, 2.75) is 25.5 Å². The maximum absolute atomic E-state index is 13.9. The summed E-state index contributed by atoms with van der Waals surface area (Å²) in [6, 6.07) is 11.9. The smallest absolute Gasteiger partial charge is 0.234 e. The summed E-state index contributed by atoms with van der Waals surface area (Å²) in [6.45, 7) is 4.91. The van der Waals surface area contributed by atoms with Gasteiger partial charge in [0, 0.05) is 21.6 Å². The van der Waals surface area contributed by atoms with Crippen molar-refractivity contribution >= 4 is 50.9 Å². The van der Waals surface area contributed by atoms with Gasteiger partial charge in [-0.05, 0) is 48.4 Å². The minimum Gasteiger partial charge on any atom is -0.323 e. The predicted molar refractivity (Wildman–Crippen MR) is 119 cm³/mol. The van der Waals surface area contributed by atoms with Crippen molar-refractivity contribution in [1.29, 1.82) is 0 Å². The fraction of sp³-hybridized carbons (Fsp3) is 0.250. The number of thioether (sulfide) groups is 1. The van der Waals surface area contributed by atoms with E-state index in [0.29, 0.717) is 27.1 Å². The normalized spacial score (nSPS) is 11.1. The maximum atomic E-state index is 13.9. The third kappa shape index (κ3) is 5.81. The van der Waals surface area contributed by atoms with Gasteiger partial charge in [0.15, 0.2) is 11.0 Å². The van der Waals surface area contributed by atoms with Crippen LogP contribution in [0.1, 0.15) is 13.8 Å². The zero-order chi connectivity index (χ0) is 21.0. The second kappa shape index (κ2) is 9.73. The number of carbonyl (C=O) groups excluding carboxylic acids is 1. The highest BCUT2D eigenvalue weighted by Gasteiger charge is 2.17. The van der Waals surface area contributed by atoms with Crippen molar-refractivity contribution in [2.24, 2.45) is 5.92 Å². The van der Waals surface area contributed by atoms with Crippen LogP contribution in [0.25, 0.3) is 11.4 Å². The standard InChI is InChI=1S/C20H19BrClFN4OS/c1-12(2)10-27-19(13-3-6-15(22)7-4-13)25-26-20(27)29-11-18(28)24-17-8-5-14(21)9-16(17)23/h3-9,12H,10-11H2,1-2H3,(H,24,28). The maximum Gasteiger partial charge on any atom is 0.234 e. The zero-order valence-corrected chi connectivity index (χ0v) is 19.0. The number of halogens is 3. The number of rotatable bonds is 7. The van der Waals surface area contributed by atoms with Crippen molar-refractivity contribution in [2.75, 3.05) is 11.1 Å². The quantitative estimate of drug-likeness (QED) is 0.414. The lowest BCUT2D eigenvalue weighted by Gasteiger charge is -2.12. The Morgan fingerprint density at radius 3 is 2.62 bits per heavy atom. The number of carbonyl (C=O) groups is 1. The molecule has 1 amide bonds.